The first-order valence-corrected chi connectivity index (χ1v) is 8.37. The molecule has 0 saturated carbocycles. The van der Waals surface area contributed by atoms with Crippen molar-refractivity contribution in [2.24, 2.45) is 5.92 Å². The monoisotopic (exact) mass is 293 g/mol. The number of rotatable bonds is 2. The molecule has 2 nitrogen and oxygen atoms in total. The molecule has 2 heterocycles. The number of ketones is 1. The molecule has 4 atom stereocenters. The molecule has 2 fully saturated rings. The van der Waals surface area contributed by atoms with Gasteiger partial charge in [0.15, 0.2) is 0 Å². The average Bonchev–Trinajstić information content (AvgIpc) is 2.76. The van der Waals surface area contributed by atoms with Crippen LogP contribution in [0.1, 0.15) is 37.7 Å². The first kappa shape index (κ1) is 14.0. The molecule has 2 aromatic rings. The van der Waals surface area contributed by atoms with Crippen LogP contribution in [0.15, 0.2) is 42.5 Å². The Morgan fingerprint density at radius 2 is 1.86 bits per heavy atom. The van der Waals surface area contributed by atoms with Gasteiger partial charge in [0.05, 0.1) is 0 Å². The molecule has 0 unspecified atom stereocenters. The van der Waals surface area contributed by atoms with Crippen LogP contribution in [-0.2, 0) is 4.79 Å². The molecule has 2 heteroatoms. The Hall–Kier alpha value is -1.67. The number of carbonyl (C=O) groups is 1. The zero-order valence-electron chi connectivity index (χ0n) is 13.3. The number of fused-ring (bicyclic) bond motifs is 3. The lowest BCUT2D eigenvalue weighted by molar-refractivity contribution is -0.124. The van der Waals surface area contributed by atoms with Crippen LogP contribution < -0.4 is 0 Å². The Bertz CT molecular complexity index is 717. The van der Waals surface area contributed by atoms with E-state index in [0.29, 0.717) is 23.8 Å². The Morgan fingerprint density at radius 1 is 1.09 bits per heavy atom. The molecule has 22 heavy (non-hydrogen) atoms. The maximum atomic E-state index is 12.4. The zero-order valence-corrected chi connectivity index (χ0v) is 13.3. The second-order valence-corrected chi connectivity index (χ2v) is 7.01. The van der Waals surface area contributed by atoms with Crippen molar-refractivity contribution >= 4 is 16.6 Å². The lowest BCUT2D eigenvalue weighted by atomic mass is 9.73. The number of nitrogens with zero attached hydrogens (tertiary/aromatic N) is 1. The zero-order chi connectivity index (χ0) is 15.3. The van der Waals surface area contributed by atoms with Gasteiger partial charge in [-0.25, -0.2) is 0 Å². The number of benzene rings is 2. The predicted octanol–water partition coefficient (Wildman–Crippen LogP) is 4.00. The van der Waals surface area contributed by atoms with Gasteiger partial charge in [0.2, 0.25) is 0 Å². The summed E-state index contributed by atoms with van der Waals surface area (Å²) in [5, 5.41) is 2.61. The van der Waals surface area contributed by atoms with E-state index in [4.69, 9.17) is 0 Å². The predicted molar refractivity (Wildman–Crippen MR) is 90.1 cm³/mol. The minimum absolute atomic E-state index is 0.148. The molecule has 114 valence electrons. The second kappa shape index (κ2) is 5.20. The van der Waals surface area contributed by atoms with Gasteiger partial charge in [-0.1, -0.05) is 42.5 Å². The second-order valence-electron chi connectivity index (χ2n) is 7.01. The summed E-state index contributed by atoms with van der Waals surface area (Å²) in [5.74, 6) is 0.877. The molecule has 0 aromatic heterocycles. The summed E-state index contributed by atoms with van der Waals surface area (Å²) in [5.41, 5.74) is 1.38. The van der Waals surface area contributed by atoms with Gasteiger partial charge < -0.3 is 0 Å². The molecule has 2 aromatic carbocycles. The van der Waals surface area contributed by atoms with Gasteiger partial charge >= 0.3 is 0 Å². The lowest BCUT2D eigenvalue weighted by Crippen LogP contribution is -2.48. The van der Waals surface area contributed by atoms with Gasteiger partial charge in [-0.05, 0) is 55.5 Å². The highest BCUT2D eigenvalue weighted by Gasteiger charge is 2.47. The van der Waals surface area contributed by atoms with Crippen LogP contribution in [0.5, 0.6) is 0 Å². The van der Waals surface area contributed by atoms with Crippen LogP contribution in [0.4, 0.5) is 0 Å². The molecule has 2 aliphatic heterocycles. The molecular formula is C20H23NO. The molecule has 0 aliphatic carbocycles. The molecule has 0 N–H and O–H groups in total. The van der Waals surface area contributed by atoms with E-state index in [1.54, 1.807) is 6.92 Å². The van der Waals surface area contributed by atoms with E-state index in [1.807, 2.05) is 0 Å². The van der Waals surface area contributed by atoms with E-state index in [0.717, 1.165) is 6.42 Å². The minimum Gasteiger partial charge on any atom is -0.300 e. The van der Waals surface area contributed by atoms with Gasteiger partial charge in [0, 0.05) is 18.0 Å². The number of hydrogen-bond donors (Lipinski definition) is 0. The minimum atomic E-state index is 0.148. The topological polar surface area (TPSA) is 20.3 Å². The van der Waals surface area contributed by atoms with E-state index in [9.17, 15) is 4.79 Å². The molecule has 2 aliphatic rings. The van der Waals surface area contributed by atoms with Crippen LogP contribution in [0.3, 0.4) is 0 Å². The Labute approximate surface area is 132 Å². The highest BCUT2D eigenvalue weighted by molar-refractivity contribution is 5.88. The largest absolute Gasteiger partial charge is 0.300 e. The first-order chi connectivity index (χ1) is 10.7. The van der Waals surface area contributed by atoms with E-state index in [1.165, 1.54) is 29.2 Å². The molecule has 0 radical (unpaired) electrons. The molecule has 2 saturated heterocycles. The fourth-order valence-corrected chi connectivity index (χ4v) is 4.91. The van der Waals surface area contributed by atoms with Gasteiger partial charge in [0.1, 0.15) is 5.78 Å². The highest BCUT2D eigenvalue weighted by atomic mass is 16.1. The SMILES string of the molecule is CC(=O)[C@H]1[C@@H](c2cccc3ccccc23)C[C@@H]2CC[C@H]1N2C. The van der Waals surface area contributed by atoms with Crippen LogP contribution in [0, 0.1) is 5.92 Å². The third kappa shape index (κ3) is 2.01. The van der Waals surface area contributed by atoms with Crippen molar-refractivity contribution in [1.82, 2.24) is 4.90 Å². The molecular weight excluding hydrogens is 270 g/mol. The first-order valence-electron chi connectivity index (χ1n) is 8.37. The average molecular weight is 293 g/mol. The number of hydrogen-bond acceptors (Lipinski definition) is 2. The summed E-state index contributed by atoms with van der Waals surface area (Å²) in [6.45, 7) is 1.79. The van der Waals surface area contributed by atoms with Crippen molar-refractivity contribution in [3.05, 3.63) is 48.0 Å². The van der Waals surface area contributed by atoms with Gasteiger partial charge in [-0.2, -0.15) is 0 Å². The summed E-state index contributed by atoms with van der Waals surface area (Å²) in [6.07, 6.45) is 3.53. The van der Waals surface area contributed by atoms with Crippen molar-refractivity contribution in [2.45, 2.75) is 44.2 Å². The van der Waals surface area contributed by atoms with Gasteiger partial charge in [-0.3, -0.25) is 9.69 Å². The molecule has 0 spiro atoms. The maximum absolute atomic E-state index is 12.4. The van der Waals surface area contributed by atoms with Crippen LogP contribution in [-0.4, -0.2) is 29.8 Å². The molecule has 0 amide bonds. The summed E-state index contributed by atoms with van der Waals surface area (Å²) in [6, 6.07) is 16.2. The fraction of sp³-hybridized carbons (Fsp3) is 0.450. The van der Waals surface area contributed by atoms with E-state index < -0.39 is 0 Å². The Kier molecular flexibility index (Phi) is 3.30. The number of piperidine rings is 1. The smallest absolute Gasteiger partial charge is 0.135 e. The summed E-state index contributed by atoms with van der Waals surface area (Å²) < 4.78 is 0. The fourth-order valence-electron chi connectivity index (χ4n) is 4.91. The number of carbonyl (C=O) groups excluding carboxylic acids is 1. The number of Topliss-reactive ketones (excluding diaryl/α,β-unsaturated/α-hetero) is 1. The van der Waals surface area contributed by atoms with Crippen LogP contribution in [0.2, 0.25) is 0 Å². The van der Waals surface area contributed by atoms with Crippen LogP contribution in [0.25, 0.3) is 10.8 Å². The summed E-state index contributed by atoms with van der Waals surface area (Å²) in [4.78, 5) is 14.9. The Balaban J connectivity index is 1.84. The van der Waals surface area contributed by atoms with Crippen molar-refractivity contribution in [1.29, 1.82) is 0 Å². The standard InChI is InChI=1S/C20H23NO/c1-13(22)20-18(12-15-10-11-19(20)21(15)2)17-9-5-7-14-6-3-4-8-16(14)17/h3-9,15,18-20H,10-12H2,1-2H3/t15-,18+,19+,20-/m0/s1. The summed E-state index contributed by atoms with van der Waals surface area (Å²) >= 11 is 0. The van der Waals surface area contributed by atoms with Crippen molar-refractivity contribution in [3.63, 3.8) is 0 Å². The normalized spacial score (nSPS) is 31.5. The Morgan fingerprint density at radius 3 is 2.68 bits per heavy atom. The summed E-state index contributed by atoms with van der Waals surface area (Å²) in [7, 11) is 2.21. The molecule has 4 rings (SSSR count). The van der Waals surface area contributed by atoms with Gasteiger partial charge in [-0.15, -0.1) is 0 Å². The third-order valence-electron chi connectivity index (χ3n) is 5.96. The van der Waals surface area contributed by atoms with E-state index in [2.05, 4.69) is 54.4 Å². The van der Waals surface area contributed by atoms with Crippen molar-refractivity contribution in [3.8, 4) is 0 Å². The quantitative estimate of drug-likeness (QED) is 0.834. The van der Waals surface area contributed by atoms with Crippen molar-refractivity contribution < 1.29 is 4.79 Å². The highest BCUT2D eigenvalue weighted by Crippen LogP contribution is 2.47. The van der Waals surface area contributed by atoms with E-state index in [-0.39, 0.29) is 5.92 Å². The lowest BCUT2D eigenvalue weighted by Gasteiger charge is -2.42. The van der Waals surface area contributed by atoms with Crippen molar-refractivity contribution in [2.75, 3.05) is 7.05 Å². The van der Waals surface area contributed by atoms with Crippen LogP contribution >= 0.6 is 0 Å². The third-order valence-corrected chi connectivity index (χ3v) is 5.96. The van der Waals surface area contributed by atoms with E-state index >= 15 is 0 Å². The maximum Gasteiger partial charge on any atom is 0.135 e. The van der Waals surface area contributed by atoms with Gasteiger partial charge in [0.25, 0.3) is 0 Å². The molecule has 2 bridgehead atoms.